The van der Waals surface area contributed by atoms with E-state index in [1.54, 1.807) is 0 Å². The van der Waals surface area contributed by atoms with Gasteiger partial charge >= 0.3 is 0 Å². The maximum atomic E-state index is 13.5. The van der Waals surface area contributed by atoms with Gasteiger partial charge in [-0.1, -0.05) is 18.2 Å². The highest BCUT2D eigenvalue weighted by Crippen LogP contribution is 2.36. The summed E-state index contributed by atoms with van der Waals surface area (Å²) in [6.07, 6.45) is 3.37. The summed E-state index contributed by atoms with van der Waals surface area (Å²) in [4.78, 5) is 4.49. The minimum Gasteiger partial charge on any atom is -0.330 e. The van der Waals surface area contributed by atoms with Crippen LogP contribution in [0.15, 0.2) is 17.1 Å². The molecule has 0 amide bonds. The van der Waals surface area contributed by atoms with Crippen molar-refractivity contribution in [2.45, 2.75) is 25.3 Å². The number of nitrogens with zero attached hydrogens (tertiary/aromatic N) is 1. The molecular weight excluding hydrogens is 273 g/mol. The molecule has 1 fully saturated rings. The molecule has 2 aliphatic rings. The van der Waals surface area contributed by atoms with Crippen LogP contribution in [0.2, 0.25) is 0 Å². The van der Waals surface area contributed by atoms with Gasteiger partial charge in [-0.15, -0.1) is 0 Å². The van der Waals surface area contributed by atoms with Crippen LogP contribution in [-0.4, -0.2) is 17.0 Å². The second-order valence-electron chi connectivity index (χ2n) is 4.87. The number of fused-ring (bicyclic) bond motifs is 1. The number of amidine groups is 1. The van der Waals surface area contributed by atoms with Crippen LogP contribution in [0.3, 0.4) is 0 Å². The molecule has 1 N–H and O–H groups in total. The van der Waals surface area contributed by atoms with Gasteiger partial charge in [-0.2, -0.15) is 0 Å². The molecule has 102 valence electrons. The lowest BCUT2D eigenvalue weighted by molar-refractivity contribution is 0.534. The highest BCUT2D eigenvalue weighted by Gasteiger charge is 2.31. The minimum atomic E-state index is -0.936. The molecule has 0 aromatic heterocycles. The molecule has 0 radical (unpaired) electrons. The van der Waals surface area contributed by atoms with Crippen LogP contribution in [0.5, 0.6) is 0 Å². The smallest absolute Gasteiger partial charge is 0.161 e. The summed E-state index contributed by atoms with van der Waals surface area (Å²) in [5.41, 5.74) is -0.330. The number of benzene rings is 1. The van der Waals surface area contributed by atoms with Crippen LogP contribution in [0.1, 0.15) is 19.3 Å². The lowest BCUT2D eigenvalue weighted by Gasteiger charge is -2.23. The van der Waals surface area contributed by atoms with Gasteiger partial charge in [0.1, 0.15) is 11.5 Å². The number of rotatable bonds is 1. The average Bonchev–Trinajstić information content (AvgIpc) is 2.81. The fourth-order valence-electron chi connectivity index (χ4n) is 2.59. The highest BCUT2D eigenvalue weighted by molar-refractivity contribution is 8.14. The number of hydrogen-bond acceptors (Lipinski definition) is 3. The van der Waals surface area contributed by atoms with E-state index < -0.39 is 17.5 Å². The van der Waals surface area contributed by atoms with Crippen LogP contribution in [0.25, 0.3) is 0 Å². The van der Waals surface area contributed by atoms with Gasteiger partial charge in [0.15, 0.2) is 16.8 Å². The van der Waals surface area contributed by atoms with Crippen molar-refractivity contribution in [1.29, 1.82) is 0 Å². The van der Waals surface area contributed by atoms with E-state index >= 15 is 0 Å². The molecule has 2 nitrogen and oxygen atoms in total. The third kappa shape index (κ3) is 2.59. The molecular formula is C13H13F3N2S. The minimum absolute atomic E-state index is 0.260. The van der Waals surface area contributed by atoms with Crippen LogP contribution in [-0.2, 0) is 0 Å². The van der Waals surface area contributed by atoms with Crippen LogP contribution in [0.4, 0.5) is 18.9 Å². The van der Waals surface area contributed by atoms with Gasteiger partial charge in [-0.3, -0.25) is 4.99 Å². The Bertz CT molecular complexity index is 510. The van der Waals surface area contributed by atoms with Crippen molar-refractivity contribution in [3.8, 4) is 0 Å². The van der Waals surface area contributed by atoms with E-state index in [2.05, 4.69) is 10.3 Å². The predicted octanol–water partition coefficient (Wildman–Crippen LogP) is 3.79. The third-order valence-corrected chi connectivity index (χ3v) is 4.65. The Morgan fingerprint density at radius 3 is 2.63 bits per heavy atom. The zero-order valence-electron chi connectivity index (χ0n) is 10.1. The fraction of sp³-hybridized carbons (Fsp3) is 0.462. The van der Waals surface area contributed by atoms with Crippen molar-refractivity contribution in [2.75, 3.05) is 11.1 Å². The quantitative estimate of drug-likeness (QED) is 0.849. The molecule has 1 aliphatic carbocycles. The van der Waals surface area contributed by atoms with Gasteiger partial charge < -0.3 is 5.32 Å². The number of halogens is 3. The first-order valence-electron chi connectivity index (χ1n) is 6.25. The molecule has 2 unspecified atom stereocenters. The highest BCUT2D eigenvalue weighted by atomic mass is 32.2. The SMILES string of the molecule is Fc1cc(F)c(NC2=NC3CCCC3CS2)c(F)c1. The Balaban J connectivity index is 1.82. The van der Waals surface area contributed by atoms with E-state index in [1.165, 1.54) is 18.2 Å². The lowest BCUT2D eigenvalue weighted by Crippen LogP contribution is -2.25. The standard InChI is InChI=1S/C13H13F3N2S/c14-8-4-9(15)12(10(16)5-8)18-13-17-11-3-1-2-7(11)6-19-13/h4-5,7,11H,1-3,6H2,(H,17,18). The summed E-state index contributed by atoms with van der Waals surface area (Å²) in [7, 11) is 0. The van der Waals surface area contributed by atoms with E-state index in [0.29, 0.717) is 23.2 Å². The molecule has 0 saturated heterocycles. The normalized spacial score (nSPS) is 25.9. The molecule has 1 aromatic carbocycles. The van der Waals surface area contributed by atoms with Crippen molar-refractivity contribution < 1.29 is 13.2 Å². The monoisotopic (exact) mass is 286 g/mol. The molecule has 1 saturated carbocycles. The molecule has 19 heavy (non-hydrogen) atoms. The largest absolute Gasteiger partial charge is 0.330 e. The number of thioether (sulfide) groups is 1. The molecule has 1 aromatic rings. The summed E-state index contributed by atoms with van der Waals surface area (Å²) in [5.74, 6) is -1.29. The third-order valence-electron chi connectivity index (χ3n) is 3.57. The Hall–Kier alpha value is -1.17. The molecule has 3 rings (SSSR count). The molecule has 2 atom stereocenters. The maximum Gasteiger partial charge on any atom is 0.161 e. The number of aliphatic imine (C=N–C) groups is 1. The van der Waals surface area contributed by atoms with Crippen molar-refractivity contribution in [2.24, 2.45) is 10.9 Å². The average molecular weight is 286 g/mol. The number of hydrogen-bond donors (Lipinski definition) is 1. The fourth-order valence-corrected chi connectivity index (χ4v) is 3.74. The Labute approximate surface area is 113 Å². The Morgan fingerprint density at radius 1 is 1.16 bits per heavy atom. The van der Waals surface area contributed by atoms with E-state index in [4.69, 9.17) is 0 Å². The lowest BCUT2D eigenvalue weighted by atomic mass is 10.1. The summed E-state index contributed by atoms with van der Waals surface area (Å²) in [5, 5.41) is 3.17. The van der Waals surface area contributed by atoms with E-state index in [-0.39, 0.29) is 11.7 Å². The Kier molecular flexibility index (Phi) is 3.43. The van der Waals surface area contributed by atoms with E-state index in [0.717, 1.165) is 18.6 Å². The van der Waals surface area contributed by atoms with Gasteiger partial charge in [0.05, 0.1) is 6.04 Å². The predicted molar refractivity (Wildman–Crippen MR) is 71.0 cm³/mol. The molecule has 1 heterocycles. The Morgan fingerprint density at radius 2 is 1.89 bits per heavy atom. The first-order chi connectivity index (χ1) is 9.13. The van der Waals surface area contributed by atoms with Gasteiger partial charge in [0.2, 0.25) is 0 Å². The number of anilines is 1. The molecule has 1 aliphatic heterocycles. The second kappa shape index (κ2) is 5.07. The van der Waals surface area contributed by atoms with Crippen LogP contribution < -0.4 is 5.32 Å². The zero-order chi connectivity index (χ0) is 13.4. The van der Waals surface area contributed by atoms with E-state index in [9.17, 15) is 13.2 Å². The molecule has 6 heteroatoms. The van der Waals surface area contributed by atoms with Gasteiger partial charge in [-0.05, 0) is 18.8 Å². The first-order valence-corrected chi connectivity index (χ1v) is 7.24. The van der Waals surface area contributed by atoms with Crippen molar-refractivity contribution in [1.82, 2.24) is 0 Å². The molecule has 0 spiro atoms. The zero-order valence-corrected chi connectivity index (χ0v) is 10.9. The topological polar surface area (TPSA) is 24.4 Å². The van der Waals surface area contributed by atoms with E-state index in [1.807, 2.05) is 0 Å². The molecule has 0 bridgehead atoms. The van der Waals surface area contributed by atoms with Gasteiger partial charge in [0.25, 0.3) is 0 Å². The van der Waals surface area contributed by atoms with Crippen LogP contribution >= 0.6 is 11.8 Å². The number of nitrogens with one attached hydrogen (secondary N) is 1. The van der Waals surface area contributed by atoms with Crippen molar-refractivity contribution in [3.63, 3.8) is 0 Å². The first kappa shape index (κ1) is 12.8. The van der Waals surface area contributed by atoms with Crippen molar-refractivity contribution >= 4 is 22.6 Å². The van der Waals surface area contributed by atoms with Gasteiger partial charge in [0, 0.05) is 17.9 Å². The maximum absolute atomic E-state index is 13.5. The van der Waals surface area contributed by atoms with Crippen molar-refractivity contribution in [3.05, 3.63) is 29.6 Å². The summed E-state index contributed by atoms with van der Waals surface area (Å²) in [6.45, 7) is 0. The second-order valence-corrected chi connectivity index (χ2v) is 5.88. The summed E-state index contributed by atoms with van der Waals surface area (Å²) in [6, 6.07) is 1.59. The van der Waals surface area contributed by atoms with Gasteiger partial charge in [-0.25, -0.2) is 13.2 Å². The summed E-state index contributed by atoms with van der Waals surface area (Å²) < 4.78 is 39.9. The summed E-state index contributed by atoms with van der Waals surface area (Å²) >= 11 is 1.47. The van der Waals surface area contributed by atoms with Crippen LogP contribution in [0, 0.1) is 23.4 Å².